The number of rotatable bonds is 9. The van der Waals surface area contributed by atoms with Crippen molar-refractivity contribution in [3.8, 4) is 34.3 Å². The number of nitrogens with zero attached hydrogens (tertiary/aromatic N) is 5. The summed E-state index contributed by atoms with van der Waals surface area (Å²) in [5, 5.41) is 8.84. The van der Waals surface area contributed by atoms with Crippen LogP contribution in [0.25, 0.3) is 11.3 Å². The molecule has 2 aliphatic rings. The second-order valence-corrected chi connectivity index (χ2v) is 10.6. The summed E-state index contributed by atoms with van der Waals surface area (Å²) in [5.74, 6) is 2.17. The molecule has 2 aliphatic heterocycles. The van der Waals surface area contributed by atoms with E-state index in [0.717, 1.165) is 11.1 Å². The monoisotopic (exact) mass is 613 g/mol. The lowest BCUT2D eigenvalue weighted by molar-refractivity contribution is -0.132. The summed E-state index contributed by atoms with van der Waals surface area (Å²) in [6.07, 6.45) is 0. The Bertz CT molecular complexity index is 1680. The van der Waals surface area contributed by atoms with Gasteiger partial charge in [0.15, 0.2) is 28.8 Å². The minimum absolute atomic E-state index is 0.134. The Balaban J connectivity index is 1.10. The van der Waals surface area contributed by atoms with Crippen LogP contribution in [0.3, 0.4) is 0 Å². The minimum Gasteiger partial charge on any atom is -0.493 e. The van der Waals surface area contributed by atoms with Crippen molar-refractivity contribution in [1.29, 1.82) is 0 Å². The Morgan fingerprint density at radius 1 is 0.844 bits per heavy atom. The third-order valence-electron chi connectivity index (χ3n) is 7.80. The van der Waals surface area contributed by atoms with Crippen molar-refractivity contribution >= 4 is 17.6 Å². The van der Waals surface area contributed by atoms with Gasteiger partial charge in [-0.25, -0.2) is 4.39 Å². The first-order valence-electron chi connectivity index (χ1n) is 14.4. The van der Waals surface area contributed by atoms with Gasteiger partial charge in [-0.1, -0.05) is 6.07 Å². The maximum absolute atomic E-state index is 13.6. The molecule has 0 bridgehead atoms. The number of aromatic nitrogens is 2. The van der Waals surface area contributed by atoms with Gasteiger partial charge >= 0.3 is 0 Å². The van der Waals surface area contributed by atoms with Gasteiger partial charge in [0.2, 0.25) is 12.7 Å². The molecule has 6 rings (SSSR count). The molecular weight excluding hydrogens is 581 g/mol. The van der Waals surface area contributed by atoms with Crippen molar-refractivity contribution < 1.29 is 32.9 Å². The number of methoxy groups -OCH3 is 2. The Labute approximate surface area is 259 Å². The van der Waals surface area contributed by atoms with E-state index >= 15 is 0 Å². The quantitative estimate of drug-likeness (QED) is 0.277. The fraction of sp³-hybridized carbons (Fsp3) is 0.273. The maximum Gasteiger partial charge on any atom is 0.254 e. The van der Waals surface area contributed by atoms with Crippen molar-refractivity contribution in [2.24, 2.45) is 0 Å². The van der Waals surface area contributed by atoms with Crippen LogP contribution in [0.1, 0.15) is 15.9 Å². The van der Waals surface area contributed by atoms with Crippen molar-refractivity contribution in [2.45, 2.75) is 6.54 Å². The molecule has 4 aromatic rings. The van der Waals surface area contributed by atoms with Crippen LogP contribution in [0.15, 0.2) is 72.8 Å². The van der Waals surface area contributed by atoms with Crippen molar-refractivity contribution in [2.75, 3.05) is 58.6 Å². The van der Waals surface area contributed by atoms with Gasteiger partial charge in [-0.3, -0.25) is 9.59 Å². The van der Waals surface area contributed by atoms with Crippen molar-refractivity contribution in [3.05, 3.63) is 89.7 Å². The van der Waals surface area contributed by atoms with E-state index in [1.807, 2.05) is 36.4 Å². The minimum atomic E-state index is -0.442. The zero-order valence-corrected chi connectivity index (χ0v) is 24.9. The standard InChI is InChI=1S/C33H32FN5O6/c1-42-27-11-6-24(18-29(27)43-2)26-9-12-31(36-35-26)37-13-15-38(16-14-37)32(40)20-39(33(41)23-4-7-25(34)8-5-23)19-22-3-10-28-30(17-22)45-21-44-28/h3-12,17-18H,13-16,19-21H2,1-2H3. The third-order valence-corrected chi connectivity index (χ3v) is 7.80. The average Bonchev–Trinajstić information content (AvgIpc) is 3.56. The number of fused-ring (bicyclic) bond motifs is 1. The van der Waals surface area contributed by atoms with Crippen LogP contribution < -0.4 is 23.8 Å². The summed E-state index contributed by atoms with van der Waals surface area (Å²) in [7, 11) is 3.17. The molecule has 232 valence electrons. The number of anilines is 1. The van der Waals surface area contributed by atoms with E-state index in [4.69, 9.17) is 18.9 Å². The van der Waals surface area contributed by atoms with Crippen LogP contribution in [0, 0.1) is 5.82 Å². The van der Waals surface area contributed by atoms with Gasteiger partial charge in [-0.05, 0) is 72.3 Å². The number of hydrogen-bond donors (Lipinski definition) is 0. The van der Waals surface area contributed by atoms with E-state index in [2.05, 4.69) is 15.1 Å². The van der Waals surface area contributed by atoms with E-state index in [1.165, 1.54) is 29.2 Å². The van der Waals surface area contributed by atoms with E-state index in [-0.39, 0.29) is 31.7 Å². The van der Waals surface area contributed by atoms with E-state index in [1.54, 1.807) is 31.3 Å². The number of halogens is 1. The lowest BCUT2D eigenvalue weighted by Crippen LogP contribution is -2.52. The van der Waals surface area contributed by atoms with E-state index < -0.39 is 5.82 Å². The predicted molar refractivity (Wildman–Crippen MR) is 163 cm³/mol. The second kappa shape index (κ2) is 13.1. The summed E-state index contributed by atoms with van der Waals surface area (Å²) >= 11 is 0. The summed E-state index contributed by atoms with van der Waals surface area (Å²) in [4.78, 5) is 32.3. The Morgan fingerprint density at radius 2 is 1.60 bits per heavy atom. The maximum atomic E-state index is 13.6. The summed E-state index contributed by atoms with van der Waals surface area (Å²) < 4.78 is 35.1. The van der Waals surface area contributed by atoms with Crippen LogP contribution in [-0.2, 0) is 11.3 Å². The number of carbonyl (C=O) groups is 2. The smallest absolute Gasteiger partial charge is 0.254 e. The number of piperazine rings is 1. The second-order valence-electron chi connectivity index (χ2n) is 10.6. The van der Waals surface area contributed by atoms with Crippen molar-refractivity contribution in [3.63, 3.8) is 0 Å². The van der Waals surface area contributed by atoms with Gasteiger partial charge in [-0.2, -0.15) is 0 Å². The molecule has 3 heterocycles. The molecule has 45 heavy (non-hydrogen) atoms. The average molecular weight is 614 g/mol. The molecule has 0 atom stereocenters. The van der Waals surface area contributed by atoms with Gasteiger partial charge in [0.05, 0.1) is 19.9 Å². The van der Waals surface area contributed by atoms with Gasteiger partial charge in [0.1, 0.15) is 12.4 Å². The van der Waals surface area contributed by atoms with Gasteiger partial charge < -0.3 is 33.6 Å². The number of hydrogen-bond acceptors (Lipinski definition) is 9. The predicted octanol–water partition coefficient (Wildman–Crippen LogP) is 4.02. The third kappa shape index (κ3) is 6.59. The van der Waals surface area contributed by atoms with Crippen LogP contribution in [0.2, 0.25) is 0 Å². The SMILES string of the molecule is COc1ccc(-c2ccc(N3CCN(C(=O)CN(Cc4ccc5c(c4)OCO5)C(=O)c4ccc(F)cc4)CC3)nn2)cc1OC. The topological polar surface area (TPSA) is 107 Å². The summed E-state index contributed by atoms with van der Waals surface area (Å²) in [5.41, 5.74) is 2.62. The molecule has 0 radical (unpaired) electrons. The zero-order chi connectivity index (χ0) is 31.3. The number of ether oxygens (including phenoxy) is 4. The molecule has 0 spiro atoms. The van der Waals surface area contributed by atoms with Gasteiger partial charge in [-0.15, -0.1) is 10.2 Å². The fourth-order valence-corrected chi connectivity index (χ4v) is 5.33. The number of carbonyl (C=O) groups excluding carboxylic acids is 2. The largest absolute Gasteiger partial charge is 0.493 e. The highest BCUT2D eigenvalue weighted by Gasteiger charge is 2.27. The first-order chi connectivity index (χ1) is 21.9. The number of benzene rings is 3. The van der Waals surface area contributed by atoms with Gasteiger partial charge in [0, 0.05) is 43.9 Å². The van der Waals surface area contributed by atoms with Crippen LogP contribution in [0.4, 0.5) is 10.2 Å². The first-order valence-corrected chi connectivity index (χ1v) is 14.4. The van der Waals surface area contributed by atoms with E-state index in [0.29, 0.717) is 66.3 Å². The Morgan fingerprint density at radius 3 is 2.31 bits per heavy atom. The molecule has 12 heteroatoms. The molecular formula is C33H32FN5O6. The Hall–Kier alpha value is -5.39. The highest BCUT2D eigenvalue weighted by Crippen LogP contribution is 2.33. The molecule has 3 aromatic carbocycles. The normalized spacial score (nSPS) is 13.8. The highest BCUT2D eigenvalue weighted by atomic mass is 19.1. The molecule has 1 saturated heterocycles. The molecule has 2 amide bonds. The molecule has 11 nitrogen and oxygen atoms in total. The van der Waals surface area contributed by atoms with Gasteiger partial charge in [0.25, 0.3) is 5.91 Å². The molecule has 0 unspecified atom stereocenters. The molecule has 0 saturated carbocycles. The first kappa shape index (κ1) is 29.7. The number of amides is 2. The fourth-order valence-electron chi connectivity index (χ4n) is 5.33. The van der Waals surface area contributed by atoms with Crippen LogP contribution in [0.5, 0.6) is 23.0 Å². The van der Waals surface area contributed by atoms with E-state index in [9.17, 15) is 14.0 Å². The molecule has 0 aliphatic carbocycles. The highest BCUT2D eigenvalue weighted by molar-refractivity contribution is 5.96. The summed E-state index contributed by atoms with van der Waals surface area (Å²) in [6.45, 7) is 2.20. The molecule has 1 fully saturated rings. The summed E-state index contributed by atoms with van der Waals surface area (Å²) in [6, 6.07) is 20.1. The lowest BCUT2D eigenvalue weighted by Gasteiger charge is -2.36. The Kier molecular flexibility index (Phi) is 8.63. The zero-order valence-electron chi connectivity index (χ0n) is 24.9. The van der Waals surface area contributed by atoms with Crippen molar-refractivity contribution in [1.82, 2.24) is 20.0 Å². The molecule has 0 N–H and O–H groups in total. The van der Waals surface area contributed by atoms with Crippen LogP contribution >= 0.6 is 0 Å². The molecule has 1 aromatic heterocycles. The lowest BCUT2D eigenvalue weighted by atomic mass is 10.1. The van der Waals surface area contributed by atoms with Crippen LogP contribution in [-0.4, -0.2) is 85.5 Å².